The second-order valence-corrected chi connectivity index (χ2v) is 7.88. The Morgan fingerprint density at radius 2 is 2.07 bits per heavy atom. The molecule has 158 valence electrons. The third-order valence-electron chi connectivity index (χ3n) is 5.84. The van der Waals surface area contributed by atoms with Crippen LogP contribution in [0.1, 0.15) is 50.5 Å². The number of amides is 2. The smallest absolute Gasteiger partial charge is 0.246 e. The van der Waals surface area contributed by atoms with Crippen LogP contribution < -0.4 is 10.1 Å². The van der Waals surface area contributed by atoms with Crippen LogP contribution in [0.25, 0.3) is 0 Å². The third kappa shape index (κ3) is 5.04. The first-order valence-corrected chi connectivity index (χ1v) is 10.2. The molecule has 1 N–H and O–H groups in total. The van der Waals surface area contributed by atoms with Crippen LogP contribution in [-0.2, 0) is 16.1 Å². The fourth-order valence-electron chi connectivity index (χ4n) is 4.19. The van der Waals surface area contributed by atoms with Crippen LogP contribution in [0.2, 0.25) is 0 Å². The topological polar surface area (TPSA) is 74.2 Å². The number of ether oxygens (including phenoxy) is 1. The van der Waals surface area contributed by atoms with Gasteiger partial charge in [-0.05, 0) is 37.5 Å². The zero-order chi connectivity index (χ0) is 19.5. The number of benzene rings is 1. The fourth-order valence-corrected chi connectivity index (χ4v) is 4.19. The summed E-state index contributed by atoms with van der Waals surface area (Å²) in [6.45, 7) is 1.51. The molecule has 1 aliphatic carbocycles. The molecule has 0 radical (unpaired) electrons. The quantitative estimate of drug-likeness (QED) is 0.721. The van der Waals surface area contributed by atoms with E-state index >= 15 is 0 Å². The minimum atomic E-state index is -0.0223. The van der Waals surface area contributed by atoms with Gasteiger partial charge >= 0.3 is 0 Å². The third-order valence-corrected chi connectivity index (χ3v) is 5.84. The van der Waals surface area contributed by atoms with Crippen LogP contribution >= 0.6 is 13.5 Å². The summed E-state index contributed by atoms with van der Waals surface area (Å²) in [5, 5.41) is 2.77. The van der Waals surface area contributed by atoms with Gasteiger partial charge in [0.2, 0.25) is 17.8 Å². The van der Waals surface area contributed by atoms with Crippen LogP contribution in [0.4, 0.5) is 5.69 Å². The first-order valence-electron chi connectivity index (χ1n) is 10.2. The number of hydrogen-bond donors (Lipinski definition) is 1. The molecule has 0 spiro atoms. The molecule has 2 heterocycles. The number of fused-ring (bicyclic) bond motifs is 2. The molecule has 1 aromatic rings. The summed E-state index contributed by atoms with van der Waals surface area (Å²) >= 11 is 0. The van der Waals surface area contributed by atoms with Crippen LogP contribution in [0.5, 0.6) is 5.75 Å². The average Bonchev–Trinajstić information content (AvgIpc) is 3.08. The van der Waals surface area contributed by atoms with Crippen molar-refractivity contribution in [3.8, 4) is 5.75 Å². The lowest BCUT2D eigenvalue weighted by atomic mass is 9.94. The standard InChI is InChI=1S/C21H28N4O3.H2S/c1-24(16-6-3-2-4-7-16)20(27)8-5-11-28-17-9-10-18-15(12-17)13-25-14-19(26)23-21(25)22-18;/h9-10,12,16H,2-8,11,13-14H2,1H3,(H,22,23,26);1H2. The second kappa shape index (κ2) is 9.52. The highest BCUT2D eigenvalue weighted by molar-refractivity contribution is 7.59. The molecule has 2 aliphatic heterocycles. The van der Waals surface area contributed by atoms with Gasteiger partial charge in [0, 0.05) is 31.6 Å². The Morgan fingerprint density at radius 1 is 1.28 bits per heavy atom. The maximum absolute atomic E-state index is 12.4. The Balaban J connectivity index is 0.00000240. The van der Waals surface area contributed by atoms with Crippen molar-refractivity contribution in [1.29, 1.82) is 0 Å². The Bertz CT molecular complexity index is 792. The van der Waals surface area contributed by atoms with Crippen molar-refractivity contribution in [2.75, 3.05) is 20.2 Å². The van der Waals surface area contributed by atoms with Gasteiger partial charge in [0.05, 0.1) is 12.3 Å². The normalized spacial score (nSPS) is 18.2. The van der Waals surface area contributed by atoms with Crippen molar-refractivity contribution in [2.45, 2.75) is 57.5 Å². The molecule has 4 rings (SSSR count). The summed E-state index contributed by atoms with van der Waals surface area (Å²) < 4.78 is 5.86. The summed E-state index contributed by atoms with van der Waals surface area (Å²) in [6.07, 6.45) is 7.26. The molecule has 8 heteroatoms. The van der Waals surface area contributed by atoms with E-state index in [9.17, 15) is 9.59 Å². The summed E-state index contributed by atoms with van der Waals surface area (Å²) in [5.74, 6) is 1.61. The molecule has 0 atom stereocenters. The van der Waals surface area contributed by atoms with Crippen LogP contribution in [-0.4, -0.2) is 53.8 Å². The fraction of sp³-hybridized carbons (Fsp3) is 0.571. The summed E-state index contributed by atoms with van der Waals surface area (Å²) in [7, 11) is 1.94. The van der Waals surface area contributed by atoms with Gasteiger partial charge in [-0.25, -0.2) is 4.99 Å². The van der Waals surface area contributed by atoms with Crippen LogP contribution in [0, 0.1) is 0 Å². The summed E-state index contributed by atoms with van der Waals surface area (Å²) in [4.78, 5) is 32.3. The Kier molecular flexibility index (Phi) is 7.05. The zero-order valence-corrected chi connectivity index (χ0v) is 17.9. The molecule has 0 unspecified atom stereocenters. The Morgan fingerprint density at radius 3 is 2.86 bits per heavy atom. The number of carbonyl (C=O) groups is 2. The first-order chi connectivity index (χ1) is 13.6. The summed E-state index contributed by atoms with van der Waals surface area (Å²) in [5.41, 5.74) is 1.91. The molecule has 1 saturated heterocycles. The highest BCUT2D eigenvalue weighted by Crippen LogP contribution is 2.30. The van der Waals surface area contributed by atoms with Crippen LogP contribution in [0.3, 0.4) is 0 Å². The maximum atomic E-state index is 12.4. The molecule has 3 aliphatic rings. The molecule has 2 amide bonds. The number of nitrogens with zero attached hydrogens (tertiary/aromatic N) is 3. The Hall–Kier alpha value is -2.22. The van der Waals surface area contributed by atoms with Gasteiger partial charge in [-0.2, -0.15) is 13.5 Å². The van der Waals surface area contributed by atoms with Gasteiger partial charge in [-0.15, -0.1) is 0 Å². The van der Waals surface area contributed by atoms with E-state index in [2.05, 4.69) is 10.3 Å². The lowest BCUT2D eigenvalue weighted by Gasteiger charge is -2.31. The molecule has 0 bridgehead atoms. The van der Waals surface area contributed by atoms with Gasteiger partial charge in [0.15, 0.2) is 0 Å². The molecule has 0 aromatic heterocycles. The van der Waals surface area contributed by atoms with Gasteiger partial charge in [-0.1, -0.05) is 19.3 Å². The molecular weight excluding hydrogens is 388 g/mol. The number of guanidine groups is 1. The minimum Gasteiger partial charge on any atom is -0.494 e. The minimum absolute atomic E-state index is 0. The van der Waals surface area contributed by atoms with E-state index in [1.807, 2.05) is 35.0 Å². The van der Waals surface area contributed by atoms with E-state index in [1.54, 1.807) is 0 Å². The Labute approximate surface area is 178 Å². The number of carbonyl (C=O) groups excluding carboxylic acids is 2. The van der Waals surface area contributed by atoms with Gasteiger partial charge < -0.3 is 14.5 Å². The van der Waals surface area contributed by atoms with E-state index in [0.717, 1.165) is 29.8 Å². The van der Waals surface area contributed by atoms with E-state index in [-0.39, 0.29) is 25.3 Å². The van der Waals surface area contributed by atoms with E-state index in [0.29, 0.717) is 44.5 Å². The molecule has 1 aromatic carbocycles. The highest BCUT2D eigenvalue weighted by atomic mass is 32.1. The number of rotatable bonds is 6. The van der Waals surface area contributed by atoms with E-state index < -0.39 is 0 Å². The van der Waals surface area contributed by atoms with E-state index in [4.69, 9.17) is 4.74 Å². The predicted octanol–water partition coefficient (Wildman–Crippen LogP) is 2.68. The van der Waals surface area contributed by atoms with E-state index in [1.165, 1.54) is 19.3 Å². The highest BCUT2D eigenvalue weighted by Gasteiger charge is 2.29. The average molecular weight is 419 g/mol. The molecule has 1 saturated carbocycles. The first kappa shape index (κ1) is 21.5. The van der Waals surface area contributed by atoms with Crippen molar-refractivity contribution in [3.05, 3.63) is 23.8 Å². The van der Waals surface area contributed by atoms with Gasteiger partial charge in [0.25, 0.3) is 0 Å². The maximum Gasteiger partial charge on any atom is 0.246 e. The second-order valence-electron chi connectivity index (χ2n) is 7.88. The number of nitrogens with one attached hydrogen (secondary N) is 1. The van der Waals surface area contributed by atoms with Gasteiger partial charge in [-0.3, -0.25) is 14.9 Å². The molecule has 7 nitrogen and oxygen atoms in total. The predicted molar refractivity (Wildman–Crippen MR) is 117 cm³/mol. The largest absolute Gasteiger partial charge is 0.494 e. The van der Waals surface area contributed by atoms with Crippen molar-refractivity contribution >= 4 is 37.0 Å². The number of aliphatic imine (C=N–C) groups is 1. The van der Waals surface area contributed by atoms with Crippen molar-refractivity contribution in [3.63, 3.8) is 0 Å². The molecule has 2 fully saturated rings. The van der Waals surface area contributed by atoms with Crippen molar-refractivity contribution in [1.82, 2.24) is 15.1 Å². The van der Waals surface area contributed by atoms with Crippen molar-refractivity contribution < 1.29 is 14.3 Å². The lowest BCUT2D eigenvalue weighted by molar-refractivity contribution is -0.132. The number of hydrogen-bond acceptors (Lipinski definition) is 5. The molecular formula is C21H30N4O3S. The molecule has 29 heavy (non-hydrogen) atoms. The lowest BCUT2D eigenvalue weighted by Crippen LogP contribution is -2.38. The monoisotopic (exact) mass is 418 g/mol. The van der Waals surface area contributed by atoms with Crippen LogP contribution in [0.15, 0.2) is 23.2 Å². The SMILES string of the molecule is CN(C(=O)CCCOc1ccc2c(c1)CN1CC(=O)NC1=N2)C1CCCCC1.S. The van der Waals surface area contributed by atoms with Gasteiger partial charge in [0.1, 0.15) is 12.3 Å². The zero-order valence-electron chi connectivity index (χ0n) is 16.9. The summed E-state index contributed by atoms with van der Waals surface area (Å²) in [6, 6.07) is 6.21. The van der Waals surface area contributed by atoms with Crippen molar-refractivity contribution in [2.24, 2.45) is 4.99 Å².